The highest BCUT2D eigenvalue weighted by Crippen LogP contribution is 2.21. The van der Waals surface area contributed by atoms with Crippen molar-refractivity contribution in [3.05, 3.63) is 29.8 Å². The molecular formula is C18H25N3O6S. The van der Waals surface area contributed by atoms with Crippen LogP contribution in [0.25, 0.3) is 0 Å². The van der Waals surface area contributed by atoms with E-state index in [1.807, 2.05) is 0 Å². The number of benzene rings is 1. The van der Waals surface area contributed by atoms with Gasteiger partial charge in [-0.2, -0.15) is 0 Å². The van der Waals surface area contributed by atoms with Crippen molar-refractivity contribution in [3.63, 3.8) is 0 Å². The van der Waals surface area contributed by atoms with Crippen LogP contribution in [0.1, 0.15) is 18.4 Å². The number of para-hydroxylation sites is 1. The minimum Gasteiger partial charge on any atom is -0.454 e. The lowest BCUT2D eigenvalue weighted by Gasteiger charge is -2.23. The van der Waals surface area contributed by atoms with Crippen LogP contribution in [-0.2, 0) is 29.1 Å². The van der Waals surface area contributed by atoms with Crippen LogP contribution < -0.4 is 9.62 Å². The van der Waals surface area contributed by atoms with E-state index in [0.717, 1.165) is 28.3 Å². The highest BCUT2D eigenvalue weighted by molar-refractivity contribution is 7.92. The summed E-state index contributed by atoms with van der Waals surface area (Å²) >= 11 is 0. The van der Waals surface area contributed by atoms with Gasteiger partial charge in [-0.15, -0.1) is 0 Å². The fraction of sp³-hybridized carbons (Fsp3) is 0.500. The zero-order valence-corrected chi connectivity index (χ0v) is 17.0. The Morgan fingerprint density at radius 1 is 1.18 bits per heavy atom. The van der Waals surface area contributed by atoms with Crippen molar-refractivity contribution in [3.8, 4) is 0 Å². The number of rotatable bonds is 9. The predicted octanol–water partition coefficient (Wildman–Crippen LogP) is 0.0412. The van der Waals surface area contributed by atoms with Gasteiger partial charge in [-0.05, 0) is 31.4 Å². The molecule has 1 aromatic rings. The summed E-state index contributed by atoms with van der Waals surface area (Å²) < 4.78 is 30.0. The third-order valence-corrected chi connectivity index (χ3v) is 5.29. The van der Waals surface area contributed by atoms with Crippen LogP contribution >= 0.6 is 0 Å². The molecule has 2 rings (SSSR count). The van der Waals surface area contributed by atoms with Crippen LogP contribution in [0, 0.1) is 6.92 Å². The van der Waals surface area contributed by atoms with E-state index in [-0.39, 0.29) is 18.5 Å². The Labute approximate surface area is 164 Å². The summed E-state index contributed by atoms with van der Waals surface area (Å²) in [6, 6.07) is 6.92. The van der Waals surface area contributed by atoms with E-state index in [0.29, 0.717) is 11.3 Å². The number of aryl methyl sites for hydroxylation is 1. The number of nitrogens with one attached hydrogen (secondary N) is 1. The van der Waals surface area contributed by atoms with Gasteiger partial charge in [-0.3, -0.25) is 18.7 Å². The summed E-state index contributed by atoms with van der Waals surface area (Å²) in [6.07, 6.45) is 2.88. The summed E-state index contributed by atoms with van der Waals surface area (Å²) in [5, 5.41) is 2.76. The monoisotopic (exact) mass is 411 g/mol. The standard InChI is InChI=1S/C18H25N3O6S/c1-13-6-4-5-7-15(13)21(28(3,25)26)11-18(24)27-12-17(23)20(2)10-16(22)19-14-8-9-14/h4-7,14H,8-12H2,1-3H3,(H,19,22). The first kappa shape index (κ1) is 21.7. The number of amides is 2. The zero-order valence-electron chi connectivity index (χ0n) is 16.2. The molecule has 0 unspecified atom stereocenters. The predicted molar refractivity (Wildman–Crippen MR) is 103 cm³/mol. The highest BCUT2D eigenvalue weighted by atomic mass is 32.2. The highest BCUT2D eigenvalue weighted by Gasteiger charge is 2.26. The summed E-state index contributed by atoms with van der Waals surface area (Å²) in [4.78, 5) is 37.0. The summed E-state index contributed by atoms with van der Waals surface area (Å²) in [5.41, 5.74) is 1.04. The molecule has 28 heavy (non-hydrogen) atoms. The largest absolute Gasteiger partial charge is 0.454 e. The molecule has 0 aromatic heterocycles. The molecular weight excluding hydrogens is 386 g/mol. The lowest BCUT2D eigenvalue weighted by molar-refractivity contribution is -0.150. The third kappa shape index (κ3) is 6.52. The van der Waals surface area contributed by atoms with Gasteiger partial charge in [0.25, 0.3) is 5.91 Å². The van der Waals surface area contributed by atoms with Gasteiger partial charge in [0.1, 0.15) is 6.54 Å². The van der Waals surface area contributed by atoms with E-state index in [4.69, 9.17) is 4.74 Å². The molecule has 1 N–H and O–H groups in total. The van der Waals surface area contributed by atoms with Crippen LogP contribution in [-0.4, -0.2) is 70.1 Å². The second kappa shape index (κ2) is 9.05. The van der Waals surface area contributed by atoms with Crippen molar-refractivity contribution < 1.29 is 27.5 Å². The number of ether oxygens (including phenoxy) is 1. The number of anilines is 1. The Morgan fingerprint density at radius 2 is 1.82 bits per heavy atom. The molecule has 10 heteroatoms. The van der Waals surface area contributed by atoms with Gasteiger partial charge in [-0.25, -0.2) is 8.42 Å². The van der Waals surface area contributed by atoms with Crippen molar-refractivity contribution in [1.82, 2.24) is 10.2 Å². The molecule has 1 aliphatic rings. The van der Waals surface area contributed by atoms with Gasteiger partial charge in [0.15, 0.2) is 6.61 Å². The fourth-order valence-electron chi connectivity index (χ4n) is 2.44. The molecule has 0 aliphatic heterocycles. The molecule has 1 saturated carbocycles. The molecule has 9 nitrogen and oxygen atoms in total. The van der Waals surface area contributed by atoms with Crippen LogP contribution in [0.2, 0.25) is 0 Å². The van der Waals surface area contributed by atoms with Crippen molar-refractivity contribution >= 4 is 33.5 Å². The average molecular weight is 411 g/mol. The van der Waals surface area contributed by atoms with E-state index < -0.39 is 35.1 Å². The lowest BCUT2D eigenvalue weighted by Crippen LogP contribution is -2.41. The number of nitrogens with zero attached hydrogens (tertiary/aromatic N) is 2. The van der Waals surface area contributed by atoms with Gasteiger partial charge in [-0.1, -0.05) is 18.2 Å². The van der Waals surface area contributed by atoms with Gasteiger partial charge in [0, 0.05) is 13.1 Å². The summed E-state index contributed by atoms with van der Waals surface area (Å²) in [5.74, 6) is -1.69. The van der Waals surface area contributed by atoms with Crippen molar-refractivity contribution in [1.29, 1.82) is 0 Å². The number of sulfonamides is 1. The number of esters is 1. The number of likely N-dealkylation sites (N-methyl/N-ethyl adjacent to an activating group) is 1. The minimum absolute atomic E-state index is 0.133. The number of hydrogen-bond acceptors (Lipinski definition) is 6. The molecule has 0 radical (unpaired) electrons. The second-order valence-electron chi connectivity index (χ2n) is 6.81. The van der Waals surface area contributed by atoms with E-state index in [1.54, 1.807) is 31.2 Å². The Bertz CT molecular complexity index is 851. The average Bonchev–Trinajstić information content (AvgIpc) is 3.41. The quantitative estimate of drug-likeness (QED) is 0.574. The van der Waals surface area contributed by atoms with Crippen molar-refractivity contribution in [2.24, 2.45) is 0 Å². The first-order valence-corrected chi connectivity index (χ1v) is 10.6. The SMILES string of the molecule is Cc1ccccc1N(CC(=O)OCC(=O)N(C)CC(=O)NC1CC1)S(C)(=O)=O. The molecule has 154 valence electrons. The molecule has 1 aliphatic carbocycles. The van der Waals surface area contributed by atoms with Gasteiger partial charge < -0.3 is 15.0 Å². The normalized spacial score (nSPS) is 13.5. The van der Waals surface area contributed by atoms with Gasteiger partial charge in [0.05, 0.1) is 18.5 Å². The molecule has 0 saturated heterocycles. The van der Waals surface area contributed by atoms with E-state index in [1.165, 1.54) is 7.05 Å². The molecule has 2 amide bonds. The maximum Gasteiger partial charge on any atom is 0.327 e. The van der Waals surface area contributed by atoms with Gasteiger partial charge >= 0.3 is 5.97 Å². The number of hydrogen-bond donors (Lipinski definition) is 1. The molecule has 1 aromatic carbocycles. The third-order valence-electron chi connectivity index (χ3n) is 4.16. The Kier molecular flexibility index (Phi) is 7.00. The zero-order chi connectivity index (χ0) is 20.9. The van der Waals surface area contributed by atoms with Gasteiger partial charge in [0.2, 0.25) is 15.9 Å². The van der Waals surface area contributed by atoms with E-state index >= 15 is 0 Å². The molecule has 0 bridgehead atoms. The lowest BCUT2D eigenvalue weighted by atomic mass is 10.2. The van der Waals surface area contributed by atoms with Crippen LogP contribution in [0.4, 0.5) is 5.69 Å². The van der Waals surface area contributed by atoms with E-state index in [2.05, 4.69) is 5.32 Å². The van der Waals surface area contributed by atoms with Crippen LogP contribution in [0.15, 0.2) is 24.3 Å². The molecule has 0 spiro atoms. The van der Waals surface area contributed by atoms with Crippen LogP contribution in [0.5, 0.6) is 0 Å². The second-order valence-corrected chi connectivity index (χ2v) is 8.72. The van der Waals surface area contributed by atoms with Crippen molar-refractivity contribution in [2.75, 3.05) is 37.3 Å². The Balaban J connectivity index is 1.89. The molecule has 1 fully saturated rings. The smallest absolute Gasteiger partial charge is 0.327 e. The molecule has 0 atom stereocenters. The Morgan fingerprint density at radius 3 is 2.39 bits per heavy atom. The Hall–Kier alpha value is -2.62. The fourth-order valence-corrected chi connectivity index (χ4v) is 3.35. The first-order valence-electron chi connectivity index (χ1n) is 8.80. The summed E-state index contributed by atoms with van der Waals surface area (Å²) in [7, 11) is -2.30. The topological polar surface area (TPSA) is 113 Å². The summed E-state index contributed by atoms with van der Waals surface area (Å²) in [6.45, 7) is 0.468. The minimum atomic E-state index is -3.73. The maximum absolute atomic E-state index is 12.1. The number of carbonyl (C=O) groups is 3. The van der Waals surface area contributed by atoms with E-state index in [9.17, 15) is 22.8 Å². The first-order chi connectivity index (χ1) is 13.1. The molecule has 0 heterocycles. The van der Waals surface area contributed by atoms with Crippen LogP contribution in [0.3, 0.4) is 0 Å². The van der Waals surface area contributed by atoms with Crippen molar-refractivity contribution in [2.45, 2.75) is 25.8 Å². The maximum atomic E-state index is 12.1. The number of carbonyl (C=O) groups excluding carboxylic acids is 3.